The molecule has 0 bridgehead atoms. The number of nitrogens with one attached hydrogen (secondary N) is 1. The van der Waals surface area contributed by atoms with Crippen LogP contribution in [-0.2, 0) is 4.79 Å². The number of hydrogen-bond donors (Lipinski definition) is 2. The fraction of sp³-hybridized carbons (Fsp3) is 0.300. The minimum Gasteiger partial charge on any atom is -0.481 e. The van der Waals surface area contributed by atoms with E-state index < -0.39 is 10.9 Å². The van der Waals surface area contributed by atoms with Gasteiger partial charge in [-0.25, -0.2) is 0 Å². The highest BCUT2D eigenvalue weighted by molar-refractivity contribution is 6.31. The predicted octanol–water partition coefficient (Wildman–Crippen LogP) is 2.52. The van der Waals surface area contributed by atoms with Crippen LogP contribution in [0, 0.1) is 10.1 Å². The third kappa shape index (κ3) is 4.28. The summed E-state index contributed by atoms with van der Waals surface area (Å²) in [5.74, 6) is -0.896. The zero-order chi connectivity index (χ0) is 12.8. The molecule has 7 heteroatoms. The van der Waals surface area contributed by atoms with E-state index in [9.17, 15) is 14.9 Å². The van der Waals surface area contributed by atoms with Crippen molar-refractivity contribution in [2.75, 3.05) is 11.9 Å². The van der Waals surface area contributed by atoms with Gasteiger partial charge in [0.1, 0.15) is 5.69 Å². The quantitative estimate of drug-likeness (QED) is 0.465. The third-order valence-corrected chi connectivity index (χ3v) is 2.27. The van der Waals surface area contributed by atoms with Gasteiger partial charge in [-0.05, 0) is 18.6 Å². The van der Waals surface area contributed by atoms with Crippen LogP contribution in [0.15, 0.2) is 18.2 Å². The van der Waals surface area contributed by atoms with E-state index in [-0.39, 0.29) is 12.1 Å². The van der Waals surface area contributed by atoms with E-state index in [0.717, 1.165) is 0 Å². The highest BCUT2D eigenvalue weighted by Gasteiger charge is 2.13. The maximum absolute atomic E-state index is 10.7. The van der Waals surface area contributed by atoms with Crippen molar-refractivity contribution in [2.24, 2.45) is 0 Å². The number of rotatable bonds is 6. The van der Waals surface area contributed by atoms with Gasteiger partial charge in [-0.2, -0.15) is 0 Å². The molecule has 0 aliphatic carbocycles. The molecule has 0 saturated heterocycles. The number of anilines is 1. The van der Waals surface area contributed by atoms with Crippen LogP contribution in [0.5, 0.6) is 0 Å². The molecule has 0 radical (unpaired) electrons. The summed E-state index contributed by atoms with van der Waals surface area (Å²) in [5.41, 5.74) is 0.220. The van der Waals surface area contributed by atoms with Crippen LogP contribution in [0.25, 0.3) is 0 Å². The average molecular weight is 259 g/mol. The Balaban J connectivity index is 2.65. The standard InChI is InChI=1S/C10H11ClN2O4/c11-7-3-4-9(13(16)17)8(6-7)12-5-1-2-10(14)15/h3-4,6,12H,1-2,5H2,(H,14,15). The van der Waals surface area contributed by atoms with Gasteiger partial charge in [-0.3, -0.25) is 14.9 Å². The van der Waals surface area contributed by atoms with Crippen molar-refractivity contribution in [2.45, 2.75) is 12.8 Å². The molecule has 0 fully saturated rings. The van der Waals surface area contributed by atoms with Crippen molar-refractivity contribution in [3.63, 3.8) is 0 Å². The Bertz CT molecular complexity index is 436. The fourth-order valence-corrected chi connectivity index (χ4v) is 1.44. The summed E-state index contributed by atoms with van der Waals surface area (Å²) < 4.78 is 0. The first kappa shape index (κ1) is 13.2. The van der Waals surface area contributed by atoms with Crippen LogP contribution in [0.2, 0.25) is 5.02 Å². The maximum Gasteiger partial charge on any atom is 0.303 e. The molecule has 1 aromatic carbocycles. The van der Waals surface area contributed by atoms with Crippen molar-refractivity contribution in [3.8, 4) is 0 Å². The molecule has 0 unspecified atom stereocenters. The van der Waals surface area contributed by atoms with Crippen LogP contribution in [0.3, 0.4) is 0 Å². The monoisotopic (exact) mass is 258 g/mol. The van der Waals surface area contributed by atoms with Gasteiger partial charge >= 0.3 is 5.97 Å². The van der Waals surface area contributed by atoms with Gasteiger partial charge in [0.25, 0.3) is 5.69 Å². The molecular weight excluding hydrogens is 248 g/mol. The number of nitrogens with zero attached hydrogens (tertiary/aromatic N) is 1. The van der Waals surface area contributed by atoms with Crippen molar-refractivity contribution in [1.29, 1.82) is 0 Å². The van der Waals surface area contributed by atoms with Crippen LogP contribution >= 0.6 is 11.6 Å². The van der Waals surface area contributed by atoms with Crippen molar-refractivity contribution < 1.29 is 14.8 Å². The topological polar surface area (TPSA) is 92.5 Å². The molecule has 0 aromatic heterocycles. The van der Waals surface area contributed by atoms with Gasteiger partial charge in [0.2, 0.25) is 0 Å². The van der Waals surface area contributed by atoms with Crippen LogP contribution in [-0.4, -0.2) is 22.5 Å². The van der Waals surface area contributed by atoms with Gasteiger partial charge < -0.3 is 10.4 Å². The van der Waals surface area contributed by atoms with Gasteiger partial charge in [0, 0.05) is 24.1 Å². The van der Waals surface area contributed by atoms with Gasteiger partial charge in [-0.15, -0.1) is 0 Å². The molecule has 6 nitrogen and oxygen atoms in total. The largest absolute Gasteiger partial charge is 0.481 e. The molecule has 0 aliphatic rings. The summed E-state index contributed by atoms with van der Waals surface area (Å²) in [7, 11) is 0. The highest BCUT2D eigenvalue weighted by Crippen LogP contribution is 2.27. The van der Waals surface area contributed by atoms with E-state index in [1.54, 1.807) is 0 Å². The number of carboxylic acid groups (broad SMARTS) is 1. The summed E-state index contributed by atoms with van der Waals surface area (Å²) in [4.78, 5) is 20.5. The lowest BCUT2D eigenvalue weighted by molar-refractivity contribution is -0.384. The summed E-state index contributed by atoms with van der Waals surface area (Å²) in [6.07, 6.45) is 0.403. The Morgan fingerprint density at radius 1 is 1.53 bits per heavy atom. The molecule has 0 aliphatic heterocycles. The molecule has 1 aromatic rings. The first-order valence-corrected chi connectivity index (χ1v) is 5.28. The van der Waals surface area contributed by atoms with Gasteiger partial charge in [0.15, 0.2) is 0 Å². The lowest BCUT2D eigenvalue weighted by atomic mass is 10.2. The molecule has 17 heavy (non-hydrogen) atoms. The summed E-state index contributed by atoms with van der Waals surface area (Å²) >= 11 is 5.73. The van der Waals surface area contributed by atoms with Gasteiger partial charge in [0.05, 0.1) is 4.92 Å². The first-order chi connectivity index (χ1) is 8.00. The molecule has 0 saturated carbocycles. The minimum atomic E-state index is -0.896. The lowest BCUT2D eigenvalue weighted by Crippen LogP contribution is -2.06. The Hall–Kier alpha value is -1.82. The number of nitro benzene ring substituents is 1. The lowest BCUT2D eigenvalue weighted by Gasteiger charge is -2.06. The van der Waals surface area contributed by atoms with E-state index in [2.05, 4.69) is 5.32 Å². The number of halogens is 1. The van der Waals surface area contributed by atoms with Crippen molar-refractivity contribution in [1.82, 2.24) is 0 Å². The van der Waals surface area contributed by atoms with E-state index in [1.165, 1.54) is 18.2 Å². The molecule has 0 amide bonds. The number of carbonyl (C=O) groups is 1. The highest BCUT2D eigenvalue weighted by atomic mass is 35.5. The number of benzene rings is 1. The average Bonchev–Trinajstić information content (AvgIpc) is 2.23. The smallest absolute Gasteiger partial charge is 0.303 e. The summed E-state index contributed by atoms with van der Waals surface area (Å²) in [6, 6.07) is 4.18. The molecule has 0 atom stereocenters. The number of carboxylic acids is 1. The van der Waals surface area contributed by atoms with Crippen LogP contribution < -0.4 is 5.32 Å². The molecule has 0 spiro atoms. The second-order valence-electron chi connectivity index (χ2n) is 3.34. The molecule has 92 valence electrons. The molecule has 0 heterocycles. The molecular formula is C10H11ClN2O4. The normalized spacial score (nSPS) is 9.94. The number of aliphatic carboxylic acids is 1. The first-order valence-electron chi connectivity index (χ1n) is 4.90. The van der Waals surface area contributed by atoms with Crippen molar-refractivity contribution in [3.05, 3.63) is 33.3 Å². The minimum absolute atomic E-state index is 0.0152. The SMILES string of the molecule is O=C(O)CCCNc1cc(Cl)ccc1[N+](=O)[O-]. The molecule has 1 rings (SSSR count). The van der Waals surface area contributed by atoms with Crippen molar-refractivity contribution >= 4 is 28.9 Å². The van der Waals surface area contributed by atoms with Crippen LogP contribution in [0.1, 0.15) is 12.8 Å². The Morgan fingerprint density at radius 2 is 2.24 bits per heavy atom. The summed E-state index contributed by atoms with van der Waals surface area (Å²) in [6.45, 7) is 0.341. The number of hydrogen-bond acceptors (Lipinski definition) is 4. The predicted molar refractivity (Wildman–Crippen MR) is 63.5 cm³/mol. The second-order valence-corrected chi connectivity index (χ2v) is 3.78. The van der Waals surface area contributed by atoms with Gasteiger partial charge in [-0.1, -0.05) is 11.6 Å². The Labute approximate surface area is 102 Å². The Kier molecular flexibility index (Phi) is 4.71. The molecule has 2 N–H and O–H groups in total. The maximum atomic E-state index is 10.7. The van der Waals surface area contributed by atoms with E-state index in [4.69, 9.17) is 16.7 Å². The van der Waals surface area contributed by atoms with E-state index in [0.29, 0.717) is 23.7 Å². The van der Waals surface area contributed by atoms with E-state index >= 15 is 0 Å². The second kappa shape index (κ2) is 6.05. The Morgan fingerprint density at radius 3 is 2.82 bits per heavy atom. The van der Waals surface area contributed by atoms with Crippen LogP contribution in [0.4, 0.5) is 11.4 Å². The summed E-state index contributed by atoms with van der Waals surface area (Å²) in [5, 5.41) is 22.3. The third-order valence-electron chi connectivity index (χ3n) is 2.04. The number of nitro groups is 1. The zero-order valence-electron chi connectivity index (χ0n) is 8.85. The fourth-order valence-electron chi connectivity index (χ4n) is 1.27. The van der Waals surface area contributed by atoms with E-state index in [1.807, 2.05) is 0 Å². The zero-order valence-corrected chi connectivity index (χ0v) is 9.61.